The average molecular weight is 360 g/mol. The van der Waals surface area contributed by atoms with E-state index in [1.807, 2.05) is 37.4 Å². The van der Waals surface area contributed by atoms with Crippen molar-refractivity contribution in [3.05, 3.63) is 77.4 Å². The van der Waals surface area contributed by atoms with Gasteiger partial charge in [0, 0.05) is 41.6 Å². The molecule has 0 fully saturated rings. The Morgan fingerprint density at radius 2 is 2.04 bits per heavy atom. The molecular formula is C21H20N4O2. The first-order valence-corrected chi connectivity index (χ1v) is 8.80. The van der Waals surface area contributed by atoms with Gasteiger partial charge < -0.3 is 9.73 Å². The molecule has 6 heteroatoms. The maximum absolute atomic E-state index is 12.5. The van der Waals surface area contributed by atoms with E-state index >= 15 is 0 Å². The van der Waals surface area contributed by atoms with Crippen molar-refractivity contribution in [2.45, 2.75) is 26.8 Å². The minimum atomic E-state index is -0.0637. The Kier molecular flexibility index (Phi) is 4.46. The number of aromatic nitrogens is 3. The number of fused-ring (bicyclic) bond motifs is 1. The van der Waals surface area contributed by atoms with Crippen LogP contribution in [0.4, 0.5) is 0 Å². The lowest BCUT2D eigenvalue weighted by molar-refractivity contribution is -0.120. The standard InChI is InChI=1S/C21H20N4O2/c1-14-6-7-18-17(13-27-20(18)15(14)2)11-19(26)23-12-16-5-3-8-22-21(16)25-10-4-9-24-25/h3-10,13H,11-12H2,1-2H3,(H,23,26). The Bertz CT molecular complexity index is 1100. The smallest absolute Gasteiger partial charge is 0.224 e. The first kappa shape index (κ1) is 17.0. The summed E-state index contributed by atoms with van der Waals surface area (Å²) in [5.41, 5.74) is 4.93. The normalized spacial score (nSPS) is 11.0. The summed E-state index contributed by atoms with van der Waals surface area (Å²) in [6, 6.07) is 9.69. The second kappa shape index (κ2) is 7.07. The molecule has 1 amide bonds. The maximum Gasteiger partial charge on any atom is 0.224 e. The largest absolute Gasteiger partial charge is 0.464 e. The predicted molar refractivity (Wildman–Crippen MR) is 103 cm³/mol. The van der Waals surface area contributed by atoms with Crippen molar-refractivity contribution in [1.29, 1.82) is 0 Å². The van der Waals surface area contributed by atoms with Crippen LogP contribution in [-0.4, -0.2) is 20.7 Å². The number of rotatable bonds is 5. The third-order valence-corrected chi connectivity index (χ3v) is 4.76. The van der Waals surface area contributed by atoms with Crippen molar-refractivity contribution >= 4 is 16.9 Å². The van der Waals surface area contributed by atoms with Gasteiger partial charge in [0.25, 0.3) is 0 Å². The Morgan fingerprint density at radius 1 is 1.15 bits per heavy atom. The van der Waals surface area contributed by atoms with E-state index in [1.165, 1.54) is 5.56 Å². The molecule has 0 saturated carbocycles. The van der Waals surface area contributed by atoms with Gasteiger partial charge in [0.1, 0.15) is 5.58 Å². The van der Waals surface area contributed by atoms with Crippen LogP contribution in [0.2, 0.25) is 0 Å². The molecule has 1 N–H and O–H groups in total. The summed E-state index contributed by atoms with van der Waals surface area (Å²) in [4.78, 5) is 16.8. The number of aryl methyl sites for hydroxylation is 2. The highest BCUT2D eigenvalue weighted by Gasteiger charge is 2.13. The van der Waals surface area contributed by atoms with Crippen LogP contribution in [0.3, 0.4) is 0 Å². The number of hydrogen-bond donors (Lipinski definition) is 1. The molecule has 1 aromatic carbocycles. The number of furan rings is 1. The molecule has 0 spiro atoms. The summed E-state index contributed by atoms with van der Waals surface area (Å²) < 4.78 is 7.38. The third-order valence-electron chi connectivity index (χ3n) is 4.76. The van der Waals surface area contributed by atoms with E-state index in [4.69, 9.17) is 4.42 Å². The average Bonchev–Trinajstić information content (AvgIpc) is 3.34. The Balaban J connectivity index is 1.48. The molecule has 27 heavy (non-hydrogen) atoms. The zero-order valence-electron chi connectivity index (χ0n) is 15.3. The van der Waals surface area contributed by atoms with Gasteiger partial charge in [-0.2, -0.15) is 5.10 Å². The summed E-state index contributed by atoms with van der Waals surface area (Å²) >= 11 is 0. The van der Waals surface area contributed by atoms with Gasteiger partial charge >= 0.3 is 0 Å². The molecule has 0 atom stereocenters. The minimum Gasteiger partial charge on any atom is -0.464 e. The van der Waals surface area contributed by atoms with Gasteiger partial charge in [-0.25, -0.2) is 9.67 Å². The van der Waals surface area contributed by atoms with E-state index in [9.17, 15) is 4.79 Å². The van der Waals surface area contributed by atoms with Crippen LogP contribution in [0.1, 0.15) is 22.3 Å². The van der Waals surface area contributed by atoms with Gasteiger partial charge in [0.15, 0.2) is 5.82 Å². The fourth-order valence-electron chi connectivity index (χ4n) is 3.12. The second-order valence-electron chi connectivity index (χ2n) is 6.54. The molecule has 0 radical (unpaired) electrons. The summed E-state index contributed by atoms with van der Waals surface area (Å²) in [6.07, 6.45) is 7.19. The van der Waals surface area contributed by atoms with Crippen molar-refractivity contribution < 1.29 is 9.21 Å². The SMILES string of the molecule is Cc1ccc2c(CC(=O)NCc3cccnc3-n3cccn3)coc2c1C. The van der Waals surface area contributed by atoms with Crippen LogP contribution in [0, 0.1) is 13.8 Å². The molecule has 3 heterocycles. The van der Waals surface area contributed by atoms with Crippen molar-refractivity contribution in [3.8, 4) is 5.82 Å². The zero-order chi connectivity index (χ0) is 18.8. The van der Waals surface area contributed by atoms with Gasteiger partial charge in [0.05, 0.1) is 12.7 Å². The van der Waals surface area contributed by atoms with Crippen LogP contribution < -0.4 is 5.32 Å². The molecule has 0 aliphatic heterocycles. The van der Waals surface area contributed by atoms with Crippen molar-refractivity contribution in [2.75, 3.05) is 0 Å². The van der Waals surface area contributed by atoms with Gasteiger partial charge in [-0.1, -0.05) is 18.2 Å². The van der Waals surface area contributed by atoms with Crippen LogP contribution in [0.25, 0.3) is 16.8 Å². The fourth-order valence-corrected chi connectivity index (χ4v) is 3.12. The van der Waals surface area contributed by atoms with E-state index in [1.54, 1.807) is 23.3 Å². The molecular weight excluding hydrogens is 340 g/mol. The van der Waals surface area contributed by atoms with Crippen molar-refractivity contribution in [1.82, 2.24) is 20.1 Å². The third kappa shape index (κ3) is 3.33. The van der Waals surface area contributed by atoms with Crippen molar-refractivity contribution in [2.24, 2.45) is 0 Å². The fraction of sp³-hybridized carbons (Fsp3) is 0.190. The van der Waals surface area contributed by atoms with E-state index in [-0.39, 0.29) is 12.3 Å². The second-order valence-corrected chi connectivity index (χ2v) is 6.54. The zero-order valence-corrected chi connectivity index (χ0v) is 15.3. The molecule has 0 saturated heterocycles. The minimum absolute atomic E-state index is 0.0637. The molecule has 4 rings (SSSR count). The van der Waals surface area contributed by atoms with E-state index < -0.39 is 0 Å². The number of hydrogen-bond acceptors (Lipinski definition) is 4. The number of nitrogens with zero attached hydrogens (tertiary/aromatic N) is 3. The number of benzene rings is 1. The molecule has 6 nitrogen and oxygen atoms in total. The Morgan fingerprint density at radius 3 is 2.85 bits per heavy atom. The first-order valence-electron chi connectivity index (χ1n) is 8.80. The molecule has 3 aromatic heterocycles. The maximum atomic E-state index is 12.5. The van der Waals surface area contributed by atoms with Crippen LogP contribution >= 0.6 is 0 Å². The lowest BCUT2D eigenvalue weighted by Gasteiger charge is -2.09. The Labute approximate surface area is 156 Å². The van der Waals surface area contributed by atoms with Gasteiger partial charge in [-0.15, -0.1) is 0 Å². The van der Waals surface area contributed by atoms with Gasteiger partial charge in [-0.3, -0.25) is 4.79 Å². The van der Waals surface area contributed by atoms with E-state index in [2.05, 4.69) is 28.4 Å². The van der Waals surface area contributed by atoms with E-state index in [0.29, 0.717) is 12.4 Å². The Hall–Kier alpha value is -3.41. The highest BCUT2D eigenvalue weighted by molar-refractivity contribution is 5.89. The molecule has 0 unspecified atom stereocenters. The van der Waals surface area contributed by atoms with Gasteiger partial charge in [0.2, 0.25) is 5.91 Å². The first-order chi connectivity index (χ1) is 13.1. The van der Waals surface area contributed by atoms with Crippen LogP contribution in [-0.2, 0) is 17.8 Å². The molecule has 136 valence electrons. The lowest BCUT2D eigenvalue weighted by Crippen LogP contribution is -2.25. The number of pyridine rings is 1. The molecule has 0 aliphatic rings. The topological polar surface area (TPSA) is 73.0 Å². The monoisotopic (exact) mass is 360 g/mol. The molecule has 0 aliphatic carbocycles. The number of amides is 1. The van der Waals surface area contributed by atoms with Crippen molar-refractivity contribution in [3.63, 3.8) is 0 Å². The van der Waals surface area contributed by atoms with Gasteiger partial charge in [-0.05, 0) is 37.1 Å². The highest BCUT2D eigenvalue weighted by Crippen LogP contribution is 2.26. The van der Waals surface area contributed by atoms with E-state index in [0.717, 1.165) is 27.7 Å². The highest BCUT2D eigenvalue weighted by atomic mass is 16.3. The summed E-state index contributed by atoms with van der Waals surface area (Å²) in [7, 11) is 0. The predicted octanol–water partition coefficient (Wildman–Crippen LogP) is 3.49. The molecule has 4 aromatic rings. The number of carbonyl (C=O) groups excluding carboxylic acids is 1. The summed E-state index contributed by atoms with van der Waals surface area (Å²) in [5, 5.41) is 8.17. The van der Waals surface area contributed by atoms with Crippen LogP contribution in [0.15, 0.2) is 59.6 Å². The summed E-state index contributed by atoms with van der Waals surface area (Å²) in [6.45, 7) is 4.47. The molecule has 0 bridgehead atoms. The van der Waals surface area contributed by atoms with Crippen LogP contribution in [0.5, 0.6) is 0 Å². The lowest BCUT2D eigenvalue weighted by atomic mass is 10.0. The quantitative estimate of drug-likeness (QED) is 0.591. The number of nitrogens with one attached hydrogen (secondary N) is 1. The summed E-state index contributed by atoms with van der Waals surface area (Å²) in [5.74, 6) is 0.647. The number of carbonyl (C=O) groups is 1.